The van der Waals surface area contributed by atoms with Crippen LogP contribution in [0.4, 0.5) is 0 Å². The molecule has 0 saturated heterocycles. The molecule has 0 atom stereocenters. The minimum atomic E-state index is -3.49. The monoisotopic (exact) mass is 279 g/mol. The normalized spacial score (nSPS) is 11.4. The molecule has 0 amide bonds. The molecule has 0 unspecified atom stereocenters. The molecule has 2 aromatic rings. The molecule has 1 aromatic carbocycles. The third kappa shape index (κ3) is 3.47. The summed E-state index contributed by atoms with van der Waals surface area (Å²) in [7, 11) is -3.49. The highest BCUT2D eigenvalue weighted by atomic mass is 32.2. The number of Topliss-reactive ketones (excluding diaryl/α,β-unsaturated/α-hetero) is 1. The topological polar surface area (TPSA) is 81.9 Å². The predicted molar refractivity (Wildman–Crippen MR) is 69.4 cm³/mol. The summed E-state index contributed by atoms with van der Waals surface area (Å²) in [6, 6.07) is 9.57. The molecule has 0 radical (unpaired) electrons. The van der Waals surface area contributed by atoms with Crippen LogP contribution in [0.15, 0.2) is 36.5 Å². The molecule has 0 saturated carbocycles. The molecule has 0 fully saturated rings. The molecule has 0 aliphatic rings. The van der Waals surface area contributed by atoms with Gasteiger partial charge in [-0.2, -0.15) is 0 Å². The van der Waals surface area contributed by atoms with Crippen molar-refractivity contribution in [3.05, 3.63) is 47.8 Å². The molecule has 0 spiro atoms. The number of carbonyl (C=O) groups is 1. The zero-order valence-corrected chi connectivity index (χ0v) is 11.2. The Kier molecular flexibility index (Phi) is 3.75. The van der Waals surface area contributed by atoms with Crippen LogP contribution in [0, 0.1) is 0 Å². The first-order chi connectivity index (χ1) is 8.97. The Labute approximate surface area is 111 Å². The van der Waals surface area contributed by atoms with Crippen molar-refractivity contribution in [2.45, 2.75) is 12.8 Å². The average Bonchev–Trinajstić information content (AvgIpc) is 2.87. The lowest BCUT2D eigenvalue weighted by atomic mass is 10.1. The summed E-state index contributed by atoms with van der Waals surface area (Å²) < 4.78 is 23.1. The third-order valence-electron chi connectivity index (χ3n) is 2.58. The van der Waals surface area contributed by atoms with Crippen LogP contribution in [0.1, 0.15) is 22.5 Å². The van der Waals surface area contributed by atoms with E-state index in [-0.39, 0.29) is 17.9 Å². The lowest BCUT2D eigenvalue weighted by Crippen LogP contribution is -2.10. The van der Waals surface area contributed by atoms with E-state index in [1.165, 1.54) is 0 Å². The second kappa shape index (κ2) is 5.31. The summed E-state index contributed by atoms with van der Waals surface area (Å²) in [6.07, 6.45) is 3.00. The van der Waals surface area contributed by atoms with Crippen molar-refractivity contribution in [2.24, 2.45) is 0 Å². The second-order valence-corrected chi connectivity index (χ2v) is 5.99. The Morgan fingerprint density at radius 2 is 1.95 bits per heavy atom. The van der Waals surface area contributed by atoms with Gasteiger partial charge in [-0.1, -0.05) is 35.5 Å². The van der Waals surface area contributed by atoms with Gasteiger partial charge in [-0.05, 0) is 12.0 Å². The Morgan fingerprint density at radius 1 is 1.26 bits per heavy atom. The zero-order valence-electron chi connectivity index (χ0n) is 10.4. The summed E-state index contributed by atoms with van der Waals surface area (Å²) in [5, 5.41) is 7.00. The summed E-state index contributed by atoms with van der Waals surface area (Å²) in [6.45, 7) is 0. The van der Waals surface area contributed by atoms with Gasteiger partial charge in [0.05, 0.1) is 12.5 Å². The number of rotatable bonds is 5. The molecule has 1 heterocycles. The lowest BCUT2D eigenvalue weighted by Gasteiger charge is -1.98. The lowest BCUT2D eigenvalue weighted by molar-refractivity contribution is 0.0978. The first-order valence-electron chi connectivity index (χ1n) is 5.67. The smallest absolute Gasteiger partial charge is 0.252 e. The quantitative estimate of drug-likeness (QED) is 0.759. The van der Waals surface area contributed by atoms with Crippen LogP contribution in [0.3, 0.4) is 0 Å². The minimum absolute atomic E-state index is 0.0707. The maximum atomic E-state index is 11.8. The van der Waals surface area contributed by atoms with E-state index in [1.54, 1.807) is 0 Å². The largest absolute Gasteiger partial charge is 0.292 e. The number of aromatic nitrogens is 3. The van der Waals surface area contributed by atoms with E-state index in [0.29, 0.717) is 10.5 Å². The summed E-state index contributed by atoms with van der Waals surface area (Å²) in [5.74, 6) is -0.223. The van der Waals surface area contributed by atoms with E-state index >= 15 is 0 Å². The van der Waals surface area contributed by atoms with E-state index < -0.39 is 10.0 Å². The summed E-state index contributed by atoms with van der Waals surface area (Å²) in [5.41, 5.74) is 1.12. The molecule has 7 heteroatoms. The van der Waals surface area contributed by atoms with Gasteiger partial charge < -0.3 is 0 Å². The molecule has 19 heavy (non-hydrogen) atoms. The highest BCUT2D eigenvalue weighted by Gasteiger charge is 2.14. The number of benzene rings is 1. The van der Waals surface area contributed by atoms with E-state index in [0.717, 1.165) is 18.0 Å². The zero-order chi connectivity index (χ0) is 13.9. The van der Waals surface area contributed by atoms with Crippen LogP contribution in [0.2, 0.25) is 0 Å². The molecule has 100 valence electrons. The molecule has 6 nitrogen and oxygen atoms in total. The fourth-order valence-electron chi connectivity index (χ4n) is 1.57. The molecule has 0 aliphatic heterocycles. The van der Waals surface area contributed by atoms with E-state index in [4.69, 9.17) is 0 Å². The van der Waals surface area contributed by atoms with Crippen molar-refractivity contribution < 1.29 is 13.2 Å². The second-order valence-electron chi connectivity index (χ2n) is 4.15. The van der Waals surface area contributed by atoms with Gasteiger partial charge >= 0.3 is 0 Å². The Balaban J connectivity index is 2.03. The van der Waals surface area contributed by atoms with E-state index in [2.05, 4.69) is 10.3 Å². The number of carbonyl (C=O) groups excluding carboxylic acids is 1. The van der Waals surface area contributed by atoms with Crippen molar-refractivity contribution >= 4 is 15.8 Å². The molecule has 2 rings (SSSR count). The molecule has 0 N–H and O–H groups in total. The van der Waals surface area contributed by atoms with Gasteiger partial charge in [0.25, 0.3) is 10.0 Å². The number of aryl methyl sites for hydroxylation is 1. The summed E-state index contributed by atoms with van der Waals surface area (Å²) in [4.78, 5) is 11.8. The number of nitrogens with zero attached hydrogens (tertiary/aromatic N) is 3. The van der Waals surface area contributed by atoms with Crippen LogP contribution in [0.5, 0.6) is 0 Å². The standard InChI is InChI=1S/C12H13N3O3S/c1-19(17,18)15-9-11(13-14-15)12(16)8-7-10-5-3-2-4-6-10/h2-6,9H,7-8H2,1H3. The molecule has 0 bridgehead atoms. The fraction of sp³-hybridized carbons (Fsp3) is 0.250. The Morgan fingerprint density at radius 3 is 2.53 bits per heavy atom. The molecule has 0 aliphatic carbocycles. The molecular weight excluding hydrogens is 266 g/mol. The number of hydrogen-bond donors (Lipinski definition) is 0. The first-order valence-corrected chi connectivity index (χ1v) is 7.51. The Hall–Kier alpha value is -2.02. The van der Waals surface area contributed by atoms with Gasteiger partial charge in [-0.15, -0.1) is 9.19 Å². The highest BCUT2D eigenvalue weighted by molar-refractivity contribution is 7.89. The number of ketones is 1. The van der Waals surface area contributed by atoms with Crippen LogP contribution in [0.25, 0.3) is 0 Å². The molecular formula is C12H13N3O3S. The van der Waals surface area contributed by atoms with Crippen LogP contribution >= 0.6 is 0 Å². The summed E-state index contributed by atoms with van der Waals surface area (Å²) >= 11 is 0. The van der Waals surface area contributed by atoms with Gasteiger partial charge in [-0.25, -0.2) is 8.42 Å². The molecule has 1 aromatic heterocycles. The van der Waals surface area contributed by atoms with Gasteiger partial charge in [0.15, 0.2) is 5.78 Å². The SMILES string of the molecule is CS(=O)(=O)n1cc(C(=O)CCc2ccccc2)nn1. The van der Waals surface area contributed by atoms with Crippen molar-refractivity contribution in [2.75, 3.05) is 6.26 Å². The van der Waals surface area contributed by atoms with Gasteiger partial charge in [0, 0.05) is 6.42 Å². The van der Waals surface area contributed by atoms with Gasteiger partial charge in [0.1, 0.15) is 5.69 Å². The predicted octanol–water partition coefficient (Wildman–Crippen LogP) is 0.901. The van der Waals surface area contributed by atoms with Crippen LogP contribution < -0.4 is 0 Å². The maximum absolute atomic E-state index is 11.8. The van der Waals surface area contributed by atoms with Crippen molar-refractivity contribution in [3.8, 4) is 0 Å². The fourth-order valence-corrected chi connectivity index (χ4v) is 2.03. The Bertz CT molecular complexity index is 677. The minimum Gasteiger partial charge on any atom is -0.292 e. The third-order valence-corrected chi connectivity index (χ3v) is 3.44. The van der Waals surface area contributed by atoms with Crippen molar-refractivity contribution in [1.82, 2.24) is 14.4 Å². The van der Waals surface area contributed by atoms with Crippen LogP contribution in [-0.4, -0.2) is 34.9 Å². The van der Waals surface area contributed by atoms with Crippen molar-refractivity contribution in [1.29, 1.82) is 0 Å². The van der Waals surface area contributed by atoms with Crippen molar-refractivity contribution in [3.63, 3.8) is 0 Å². The first kappa shape index (κ1) is 13.4. The van der Waals surface area contributed by atoms with Gasteiger partial charge in [-0.3, -0.25) is 4.79 Å². The highest BCUT2D eigenvalue weighted by Crippen LogP contribution is 2.07. The average molecular weight is 279 g/mol. The van der Waals surface area contributed by atoms with Gasteiger partial charge in [0.2, 0.25) is 0 Å². The number of hydrogen-bond acceptors (Lipinski definition) is 5. The van der Waals surface area contributed by atoms with E-state index in [1.807, 2.05) is 30.3 Å². The van der Waals surface area contributed by atoms with Crippen LogP contribution in [-0.2, 0) is 16.4 Å². The maximum Gasteiger partial charge on any atom is 0.252 e. The van der Waals surface area contributed by atoms with E-state index in [9.17, 15) is 13.2 Å².